The summed E-state index contributed by atoms with van der Waals surface area (Å²) >= 11 is 0. The second kappa shape index (κ2) is 41.2. The van der Waals surface area contributed by atoms with Crippen LogP contribution in [0.15, 0.2) is 0 Å². The topological polar surface area (TPSA) is 146 Å². The van der Waals surface area contributed by atoms with Crippen molar-refractivity contribution in [2.45, 2.75) is 283 Å². The van der Waals surface area contributed by atoms with Crippen LogP contribution in [0.4, 0.5) is 0 Å². The normalized spacial score (nSPS) is 17.7. The Balaban J connectivity index is 2.57. The lowest BCUT2D eigenvalue weighted by atomic mass is 10.0. The highest BCUT2D eigenvalue weighted by Gasteiger charge is 2.33. The van der Waals surface area contributed by atoms with Crippen molar-refractivity contribution in [2.24, 2.45) is 0 Å². The van der Waals surface area contributed by atoms with Gasteiger partial charge >= 0.3 is 0 Å². The van der Waals surface area contributed by atoms with Crippen LogP contribution in [0.5, 0.6) is 0 Å². The van der Waals surface area contributed by atoms with Gasteiger partial charge < -0.3 is 31.1 Å². The van der Waals surface area contributed by atoms with Crippen molar-refractivity contribution in [1.82, 2.24) is 20.4 Å². The van der Waals surface area contributed by atoms with Gasteiger partial charge in [-0.1, -0.05) is 182 Å². The highest BCUT2D eigenvalue weighted by Crippen LogP contribution is 2.17. The van der Waals surface area contributed by atoms with E-state index in [4.69, 9.17) is 0 Å². The van der Waals surface area contributed by atoms with Crippen molar-refractivity contribution in [3.63, 3.8) is 0 Å². The zero-order valence-corrected chi connectivity index (χ0v) is 41.2. The zero-order valence-electron chi connectivity index (χ0n) is 41.2. The average Bonchev–Trinajstić information content (AvgIpc) is 3.24. The van der Waals surface area contributed by atoms with Crippen LogP contribution in [0, 0.1) is 0 Å². The first kappa shape index (κ1) is 58.7. The van der Waals surface area contributed by atoms with E-state index in [1.165, 1.54) is 103 Å². The Bertz CT molecular complexity index is 896. The number of aliphatic hydroxyl groups is 4. The van der Waals surface area contributed by atoms with E-state index in [0.29, 0.717) is 39.0 Å². The predicted octanol–water partition coefficient (Wildman–Crippen LogP) is 10.4. The first-order valence-corrected chi connectivity index (χ1v) is 26.9. The van der Waals surface area contributed by atoms with Gasteiger partial charge in [0.05, 0.1) is 24.4 Å². The van der Waals surface area contributed by atoms with Crippen molar-refractivity contribution in [2.75, 3.05) is 39.3 Å². The molecule has 0 radical (unpaired) electrons. The molecule has 2 amide bonds. The Morgan fingerprint density at radius 1 is 0.371 bits per heavy atom. The quantitative estimate of drug-likeness (QED) is 0.0332. The largest absolute Gasteiger partial charge is 0.392 e. The summed E-state index contributed by atoms with van der Waals surface area (Å²) in [6.45, 7) is 12.6. The van der Waals surface area contributed by atoms with Crippen LogP contribution >= 0.6 is 0 Å². The lowest BCUT2D eigenvalue weighted by molar-refractivity contribution is -0.137. The van der Waals surface area contributed by atoms with E-state index >= 15 is 0 Å². The minimum absolute atomic E-state index is 0.118. The zero-order chi connectivity index (χ0) is 45.5. The third kappa shape index (κ3) is 33.2. The van der Waals surface area contributed by atoms with E-state index in [2.05, 4.69) is 48.1 Å². The summed E-state index contributed by atoms with van der Waals surface area (Å²) < 4.78 is 0. The number of nitrogens with one attached hydrogen (secondary N) is 2. The molecule has 62 heavy (non-hydrogen) atoms. The van der Waals surface area contributed by atoms with Crippen LogP contribution < -0.4 is 10.6 Å². The van der Waals surface area contributed by atoms with E-state index in [1.54, 1.807) is 0 Å². The van der Waals surface area contributed by atoms with Gasteiger partial charge in [0, 0.05) is 26.2 Å². The summed E-state index contributed by atoms with van der Waals surface area (Å²) in [4.78, 5) is 30.8. The molecule has 6 N–H and O–H groups in total. The molecule has 0 bridgehead atoms. The van der Waals surface area contributed by atoms with Gasteiger partial charge in [-0.15, -0.1) is 0 Å². The second-order valence-corrected chi connectivity index (χ2v) is 19.5. The molecule has 0 aliphatic carbocycles. The van der Waals surface area contributed by atoms with Gasteiger partial charge in [-0.3, -0.25) is 19.4 Å². The van der Waals surface area contributed by atoms with E-state index in [9.17, 15) is 30.0 Å². The number of unbranched alkanes of at least 4 members (excludes halogenated alkanes) is 22. The molecule has 1 aliphatic heterocycles. The number of piperazine rings is 1. The summed E-state index contributed by atoms with van der Waals surface area (Å²) in [5.74, 6) is -0.236. The molecule has 1 rings (SSSR count). The maximum Gasteiger partial charge on any atom is 0.243 e. The molecule has 10 heteroatoms. The average molecular weight is 881 g/mol. The monoisotopic (exact) mass is 881 g/mol. The highest BCUT2D eigenvalue weighted by molar-refractivity contribution is 5.96. The number of hydrogen-bond acceptors (Lipinski definition) is 8. The van der Waals surface area contributed by atoms with Crippen molar-refractivity contribution < 1.29 is 30.0 Å². The Labute approximate surface area is 382 Å². The Morgan fingerprint density at radius 2 is 0.613 bits per heavy atom. The number of carbonyl (C=O) groups is 2. The van der Waals surface area contributed by atoms with Gasteiger partial charge in [-0.2, -0.15) is 0 Å². The van der Waals surface area contributed by atoms with E-state index < -0.39 is 36.5 Å². The summed E-state index contributed by atoms with van der Waals surface area (Å²) in [6, 6.07) is -1.08. The number of nitrogens with zero attached hydrogens (tertiary/aromatic N) is 2. The third-order valence-corrected chi connectivity index (χ3v) is 13.1. The third-order valence-electron chi connectivity index (χ3n) is 13.1. The van der Waals surface area contributed by atoms with Crippen molar-refractivity contribution in [3.05, 3.63) is 0 Å². The number of rotatable bonds is 46. The Kier molecular flexibility index (Phi) is 39.0. The first-order valence-electron chi connectivity index (χ1n) is 26.9. The smallest absolute Gasteiger partial charge is 0.243 e. The van der Waals surface area contributed by atoms with E-state index in [-0.39, 0.29) is 11.8 Å². The molecule has 1 aliphatic rings. The number of hydrogen-bond donors (Lipinski definition) is 6. The molecule has 0 aromatic carbocycles. The fraction of sp³-hybridized carbons (Fsp3) is 0.962. The molecule has 10 nitrogen and oxygen atoms in total. The minimum atomic E-state index is -0.541. The molecule has 1 saturated heterocycles. The second-order valence-electron chi connectivity index (χ2n) is 19.5. The van der Waals surface area contributed by atoms with Crippen LogP contribution in [-0.2, 0) is 9.59 Å². The SMILES string of the molecule is CCCCCCCCC(O)CN(CCCC[C@@H]1NC(=O)[C@@H](CCCCN(CC(O)CCCCCCCC)CC(O)CCCCCCCC)NC1=O)CC(O)CCCCCCCC. The van der Waals surface area contributed by atoms with Crippen molar-refractivity contribution in [3.8, 4) is 0 Å². The molecule has 6 atom stereocenters. The summed E-state index contributed by atoms with van der Waals surface area (Å²) in [5, 5.41) is 49.7. The number of aliphatic hydroxyl groups excluding tert-OH is 4. The predicted molar refractivity (Wildman–Crippen MR) is 260 cm³/mol. The number of amides is 2. The van der Waals surface area contributed by atoms with E-state index in [1.807, 2.05) is 0 Å². The van der Waals surface area contributed by atoms with Crippen LogP contribution in [-0.4, -0.2) is 118 Å². The van der Waals surface area contributed by atoms with Crippen LogP contribution in [0.2, 0.25) is 0 Å². The maximum atomic E-state index is 13.2. The molecular weight excluding hydrogens is 777 g/mol. The van der Waals surface area contributed by atoms with Crippen molar-refractivity contribution >= 4 is 11.8 Å². The van der Waals surface area contributed by atoms with Crippen LogP contribution in [0.1, 0.15) is 246 Å². The van der Waals surface area contributed by atoms with Crippen molar-refractivity contribution in [1.29, 1.82) is 0 Å². The summed E-state index contributed by atoms with van der Waals surface area (Å²) in [7, 11) is 0. The maximum absolute atomic E-state index is 13.2. The van der Waals surface area contributed by atoms with E-state index in [0.717, 1.165) is 116 Å². The standard InChI is InChI=1S/C52H104N4O6/c1-5-9-13-17-21-25-33-45(57)41-55(42-46(58)34-26-22-18-14-10-6-2)39-31-29-37-49-51(61)54-50(52(62)53-49)38-30-32-40-56(43-47(59)35-27-23-19-15-11-7-3)44-48(60)36-28-24-20-16-12-8-4/h45-50,57-60H,5-44H2,1-4H3,(H,53,62)(H,54,61)/t45?,46?,47?,48?,49-,50+. The van der Waals surface area contributed by atoms with Crippen LogP contribution in [0.3, 0.4) is 0 Å². The molecule has 1 fully saturated rings. The Hall–Kier alpha value is -1.30. The fourth-order valence-corrected chi connectivity index (χ4v) is 9.16. The van der Waals surface area contributed by atoms with Gasteiger partial charge in [0.25, 0.3) is 0 Å². The molecule has 368 valence electrons. The van der Waals surface area contributed by atoms with Gasteiger partial charge in [-0.25, -0.2) is 0 Å². The van der Waals surface area contributed by atoms with Gasteiger partial charge in [0.1, 0.15) is 12.1 Å². The molecule has 0 spiro atoms. The summed E-state index contributed by atoms with van der Waals surface area (Å²) in [6.07, 6.45) is 34.6. The Morgan fingerprint density at radius 3 is 0.871 bits per heavy atom. The molecule has 0 aromatic heterocycles. The fourth-order valence-electron chi connectivity index (χ4n) is 9.16. The molecule has 0 aromatic rings. The summed E-state index contributed by atoms with van der Waals surface area (Å²) in [5.41, 5.74) is 0. The molecule has 1 heterocycles. The van der Waals surface area contributed by atoms with Gasteiger partial charge in [0.15, 0.2) is 0 Å². The minimum Gasteiger partial charge on any atom is -0.392 e. The highest BCUT2D eigenvalue weighted by atomic mass is 16.3. The van der Waals surface area contributed by atoms with Gasteiger partial charge in [-0.05, 0) is 77.3 Å². The number of carbonyl (C=O) groups excluding carboxylic acids is 2. The lowest BCUT2D eigenvalue weighted by Crippen LogP contribution is -2.61. The molecule has 0 saturated carbocycles. The molecular formula is C52H104N4O6. The van der Waals surface area contributed by atoms with Gasteiger partial charge in [0.2, 0.25) is 11.8 Å². The van der Waals surface area contributed by atoms with Crippen LogP contribution in [0.25, 0.3) is 0 Å². The lowest BCUT2D eigenvalue weighted by Gasteiger charge is -2.31. The molecule has 4 unspecified atom stereocenters. The first-order chi connectivity index (χ1) is 30.1.